The number of esters is 1. The van der Waals surface area contributed by atoms with Crippen molar-refractivity contribution in [2.45, 2.75) is 13.3 Å². The number of pyridine rings is 1. The lowest BCUT2D eigenvalue weighted by molar-refractivity contribution is 0.0599. The first-order valence-electron chi connectivity index (χ1n) is 3.91. The molecule has 0 unspecified atom stereocenters. The lowest BCUT2D eigenvalue weighted by Crippen LogP contribution is -2.03. The lowest BCUT2D eigenvalue weighted by Gasteiger charge is -2.02. The Balaban J connectivity index is 3.05. The molecule has 0 aliphatic carbocycles. The van der Waals surface area contributed by atoms with Crippen LogP contribution in [0, 0.1) is 0 Å². The molecule has 0 aliphatic rings. The normalized spacial score (nSPS) is 9.77. The Morgan fingerprint density at radius 1 is 1.69 bits per heavy atom. The predicted molar refractivity (Wildman–Crippen MR) is 52.7 cm³/mol. The Morgan fingerprint density at radius 3 is 2.85 bits per heavy atom. The number of hydrogen-bond acceptors (Lipinski definition) is 3. The molecule has 0 aliphatic heterocycles. The van der Waals surface area contributed by atoms with Gasteiger partial charge in [0.15, 0.2) is 0 Å². The highest BCUT2D eigenvalue weighted by Crippen LogP contribution is 2.17. The van der Waals surface area contributed by atoms with Crippen LogP contribution in [0.3, 0.4) is 0 Å². The number of methoxy groups -OCH3 is 1. The second-order valence-electron chi connectivity index (χ2n) is 2.50. The monoisotopic (exact) mass is 243 g/mol. The maximum Gasteiger partial charge on any atom is 0.340 e. The number of nitrogens with zero attached hydrogens (tertiary/aromatic N) is 1. The summed E-state index contributed by atoms with van der Waals surface area (Å²) in [5, 5.41) is 0. The summed E-state index contributed by atoms with van der Waals surface area (Å²) in [6.45, 7) is 2.01. The number of aryl methyl sites for hydroxylation is 1. The van der Waals surface area contributed by atoms with Crippen molar-refractivity contribution in [3.05, 3.63) is 28.0 Å². The third kappa shape index (κ3) is 2.28. The molecule has 0 saturated heterocycles. The van der Waals surface area contributed by atoms with E-state index in [4.69, 9.17) is 0 Å². The molecular weight excluding hydrogens is 234 g/mol. The Kier molecular flexibility index (Phi) is 3.42. The van der Waals surface area contributed by atoms with Gasteiger partial charge >= 0.3 is 5.97 Å². The van der Waals surface area contributed by atoms with Crippen LogP contribution in [0.2, 0.25) is 0 Å². The van der Waals surface area contributed by atoms with E-state index in [1.54, 1.807) is 0 Å². The molecular formula is C9H10BrNO2. The van der Waals surface area contributed by atoms with Crippen molar-refractivity contribution in [2.75, 3.05) is 7.11 Å². The predicted octanol–water partition coefficient (Wildman–Crippen LogP) is 2.19. The highest BCUT2D eigenvalue weighted by molar-refractivity contribution is 9.10. The van der Waals surface area contributed by atoms with Gasteiger partial charge in [0.2, 0.25) is 0 Å². The zero-order valence-corrected chi connectivity index (χ0v) is 9.09. The molecule has 3 nitrogen and oxygen atoms in total. The van der Waals surface area contributed by atoms with Gasteiger partial charge in [-0.05, 0) is 28.4 Å². The van der Waals surface area contributed by atoms with Gasteiger partial charge in [0.05, 0.1) is 12.7 Å². The van der Waals surface area contributed by atoms with Crippen LogP contribution in [0.1, 0.15) is 23.0 Å². The largest absolute Gasteiger partial charge is 0.465 e. The molecule has 1 rings (SSSR count). The average molecular weight is 244 g/mol. The summed E-state index contributed by atoms with van der Waals surface area (Å²) in [4.78, 5) is 15.2. The van der Waals surface area contributed by atoms with E-state index in [1.165, 1.54) is 13.3 Å². The maximum atomic E-state index is 11.1. The fourth-order valence-electron chi connectivity index (χ4n) is 0.924. The van der Waals surface area contributed by atoms with Gasteiger partial charge in [-0.2, -0.15) is 0 Å². The van der Waals surface area contributed by atoms with Crippen molar-refractivity contribution in [3.63, 3.8) is 0 Å². The van der Waals surface area contributed by atoms with Crippen LogP contribution < -0.4 is 0 Å². The number of hydrogen-bond donors (Lipinski definition) is 0. The van der Waals surface area contributed by atoms with E-state index in [1.807, 2.05) is 13.0 Å². The summed E-state index contributed by atoms with van der Waals surface area (Å²) in [6, 6.07) is 1.83. The summed E-state index contributed by atoms with van der Waals surface area (Å²) in [5.74, 6) is -0.373. The van der Waals surface area contributed by atoms with Gasteiger partial charge in [-0.1, -0.05) is 6.92 Å². The van der Waals surface area contributed by atoms with E-state index in [0.29, 0.717) is 5.56 Å². The molecule has 0 fully saturated rings. The first-order chi connectivity index (χ1) is 6.19. The van der Waals surface area contributed by atoms with Crippen LogP contribution in [0.5, 0.6) is 0 Å². The maximum absolute atomic E-state index is 11.1. The fourth-order valence-corrected chi connectivity index (χ4v) is 1.45. The third-order valence-corrected chi connectivity index (χ3v) is 2.33. The molecule has 0 radical (unpaired) electrons. The molecule has 1 aromatic heterocycles. The van der Waals surface area contributed by atoms with E-state index in [0.717, 1.165) is 16.6 Å². The van der Waals surface area contributed by atoms with Crippen LogP contribution >= 0.6 is 15.9 Å². The van der Waals surface area contributed by atoms with E-state index in [9.17, 15) is 4.79 Å². The molecule has 1 heterocycles. The molecule has 0 aromatic carbocycles. The summed E-state index contributed by atoms with van der Waals surface area (Å²) in [5.41, 5.74) is 1.40. The molecule has 0 atom stereocenters. The summed E-state index contributed by atoms with van der Waals surface area (Å²) < 4.78 is 5.31. The standard InChI is InChI=1S/C9H10BrNO2/c1-3-6-4-8(10)7(5-11-6)9(12)13-2/h4-5H,3H2,1-2H3. The van der Waals surface area contributed by atoms with Gasteiger partial charge in [-0.3, -0.25) is 4.98 Å². The van der Waals surface area contributed by atoms with Crippen LogP contribution in [0.4, 0.5) is 0 Å². The average Bonchev–Trinajstić information content (AvgIpc) is 2.16. The van der Waals surface area contributed by atoms with Crippen LogP contribution in [-0.2, 0) is 11.2 Å². The number of carbonyl (C=O) groups is 1. The van der Waals surface area contributed by atoms with Crippen molar-refractivity contribution in [2.24, 2.45) is 0 Å². The summed E-state index contributed by atoms with van der Waals surface area (Å²) >= 11 is 3.29. The zero-order chi connectivity index (χ0) is 9.84. The number of halogens is 1. The summed E-state index contributed by atoms with van der Waals surface area (Å²) in [6.07, 6.45) is 2.37. The van der Waals surface area contributed by atoms with Gasteiger partial charge in [0.25, 0.3) is 0 Å². The van der Waals surface area contributed by atoms with Crippen LogP contribution in [-0.4, -0.2) is 18.1 Å². The second-order valence-corrected chi connectivity index (χ2v) is 3.35. The second kappa shape index (κ2) is 4.37. The minimum atomic E-state index is -0.373. The van der Waals surface area contributed by atoms with Crippen LogP contribution in [0.25, 0.3) is 0 Å². The number of carbonyl (C=O) groups excluding carboxylic acids is 1. The van der Waals surface area contributed by atoms with Gasteiger partial charge in [-0.15, -0.1) is 0 Å². The Morgan fingerprint density at radius 2 is 2.38 bits per heavy atom. The molecule has 70 valence electrons. The van der Waals surface area contributed by atoms with Gasteiger partial charge in [-0.25, -0.2) is 4.79 Å². The molecule has 0 spiro atoms. The SMILES string of the molecule is CCc1cc(Br)c(C(=O)OC)cn1. The first kappa shape index (κ1) is 10.2. The van der Waals surface area contributed by atoms with Gasteiger partial charge in [0.1, 0.15) is 0 Å². The van der Waals surface area contributed by atoms with E-state index >= 15 is 0 Å². The molecule has 13 heavy (non-hydrogen) atoms. The number of rotatable bonds is 2. The van der Waals surface area contributed by atoms with Crippen molar-refractivity contribution in [3.8, 4) is 0 Å². The lowest BCUT2D eigenvalue weighted by atomic mass is 10.2. The Bertz CT molecular complexity index is 325. The number of aromatic nitrogens is 1. The fraction of sp³-hybridized carbons (Fsp3) is 0.333. The molecule has 0 saturated carbocycles. The summed E-state index contributed by atoms with van der Waals surface area (Å²) in [7, 11) is 1.35. The zero-order valence-electron chi connectivity index (χ0n) is 7.50. The molecule has 4 heteroatoms. The van der Waals surface area contributed by atoms with Gasteiger partial charge in [0, 0.05) is 16.4 Å². The van der Waals surface area contributed by atoms with E-state index < -0.39 is 0 Å². The molecule has 0 N–H and O–H groups in total. The van der Waals surface area contributed by atoms with Crippen molar-refractivity contribution in [1.82, 2.24) is 4.98 Å². The molecule has 0 bridgehead atoms. The third-order valence-electron chi connectivity index (χ3n) is 1.68. The van der Waals surface area contributed by atoms with Crippen LogP contribution in [0.15, 0.2) is 16.7 Å². The highest BCUT2D eigenvalue weighted by atomic mass is 79.9. The van der Waals surface area contributed by atoms with E-state index in [-0.39, 0.29) is 5.97 Å². The quantitative estimate of drug-likeness (QED) is 0.748. The van der Waals surface area contributed by atoms with Crippen molar-refractivity contribution in [1.29, 1.82) is 0 Å². The van der Waals surface area contributed by atoms with Gasteiger partial charge < -0.3 is 4.74 Å². The molecule has 0 amide bonds. The number of ether oxygens (including phenoxy) is 1. The molecule has 1 aromatic rings. The minimum absolute atomic E-state index is 0.373. The topological polar surface area (TPSA) is 39.2 Å². The minimum Gasteiger partial charge on any atom is -0.465 e. The Hall–Kier alpha value is -0.900. The smallest absolute Gasteiger partial charge is 0.340 e. The van der Waals surface area contributed by atoms with E-state index in [2.05, 4.69) is 25.7 Å². The first-order valence-corrected chi connectivity index (χ1v) is 4.71. The Labute approximate surface area is 85.3 Å². The van der Waals surface area contributed by atoms with Crippen molar-refractivity contribution < 1.29 is 9.53 Å². The van der Waals surface area contributed by atoms with Crippen molar-refractivity contribution >= 4 is 21.9 Å². The highest BCUT2D eigenvalue weighted by Gasteiger charge is 2.10.